The molecule has 2 N–H and O–H groups in total. The second-order valence-electron chi connectivity index (χ2n) is 3.00. The number of benzene rings is 1. The van der Waals surface area contributed by atoms with E-state index in [1.807, 2.05) is 25.2 Å². The van der Waals surface area contributed by atoms with Crippen LogP contribution in [0.25, 0.3) is 10.9 Å². The number of H-pyrrole nitrogens is 1. The minimum atomic E-state index is 0.709. The molecule has 1 heterocycles. The summed E-state index contributed by atoms with van der Waals surface area (Å²) in [5, 5.41) is 11.0. The number of nitrogens with one attached hydrogen (secondary N) is 2. The summed E-state index contributed by atoms with van der Waals surface area (Å²) >= 11 is 0. The van der Waals surface area contributed by atoms with Crippen LogP contribution in [0.5, 0.6) is 0 Å². The van der Waals surface area contributed by atoms with Gasteiger partial charge in [0.2, 0.25) is 0 Å². The fourth-order valence-electron chi connectivity index (χ4n) is 1.25. The van der Waals surface area contributed by atoms with Crippen LogP contribution in [0.15, 0.2) is 24.4 Å². The third-order valence-corrected chi connectivity index (χ3v) is 1.94. The molecule has 3 heteroatoms. The number of hydrogen-bond donors (Lipinski definition) is 2. The molecule has 2 aromatic rings. The predicted octanol–water partition coefficient (Wildman–Crippen LogP) is 1.13. The predicted molar refractivity (Wildman–Crippen MR) is 56.9 cm³/mol. The Kier molecular flexibility index (Phi) is 2.48. The molecule has 3 nitrogen and oxygen atoms in total. The zero-order valence-corrected chi connectivity index (χ0v) is 7.96. The number of nitrogens with zero attached hydrogens (tertiary/aromatic N) is 1. The summed E-state index contributed by atoms with van der Waals surface area (Å²) in [5.74, 6) is 6.08. The lowest BCUT2D eigenvalue weighted by molar-refractivity contribution is 0.938. The number of rotatable bonds is 1. The van der Waals surface area contributed by atoms with Gasteiger partial charge >= 0.3 is 0 Å². The van der Waals surface area contributed by atoms with E-state index in [2.05, 4.69) is 27.4 Å². The van der Waals surface area contributed by atoms with Crippen LogP contribution in [0, 0.1) is 11.8 Å². The molecule has 0 spiro atoms. The Morgan fingerprint density at radius 2 is 2.43 bits per heavy atom. The van der Waals surface area contributed by atoms with E-state index in [0.29, 0.717) is 6.54 Å². The zero-order valence-electron chi connectivity index (χ0n) is 7.96. The molecule has 1 aromatic carbocycles. The standard InChI is InChI=1S/C11H11N3/c1-12-6-2-3-9-4-5-10-8-13-14-11(10)7-9/h4-5,7-8,12H,6H2,1H3,(H,13,14). The van der Waals surface area contributed by atoms with Crippen molar-refractivity contribution in [3.05, 3.63) is 30.0 Å². The second-order valence-corrected chi connectivity index (χ2v) is 3.00. The van der Waals surface area contributed by atoms with Crippen molar-refractivity contribution >= 4 is 10.9 Å². The van der Waals surface area contributed by atoms with Crippen LogP contribution in [-0.2, 0) is 0 Å². The maximum absolute atomic E-state index is 3.95. The Labute approximate surface area is 82.5 Å². The maximum atomic E-state index is 3.95. The van der Waals surface area contributed by atoms with Gasteiger partial charge in [-0.05, 0) is 25.2 Å². The molecule has 14 heavy (non-hydrogen) atoms. The van der Waals surface area contributed by atoms with Gasteiger partial charge in [-0.2, -0.15) is 5.10 Å². The van der Waals surface area contributed by atoms with Gasteiger partial charge in [0.1, 0.15) is 0 Å². The van der Waals surface area contributed by atoms with Gasteiger partial charge in [-0.15, -0.1) is 0 Å². The van der Waals surface area contributed by atoms with Gasteiger partial charge in [0.25, 0.3) is 0 Å². The third-order valence-electron chi connectivity index (χ3n) is 1.94. The molecule has 0 fully saturated rings. The molecule has 0 aliphatic heterocycles. The topological polar surface area (TPSA) is 40.7 Å². The Morgan fingerprint density at radius 3 is 3.29 bits per heavy atom. The van der Waals surface area contributed by atoms with E-state index in [1.54, 1.807) is 6.20 Å². The molecule has 2 rings (SSSR count). The van der Waals surface area contributed by atoms with E-state index in [4.69, 9.17) is 0 Å². The van der Waals surface area contributed by atoms with Crippen LogP contribution in [0.4, 0.5) is 0 Å². The second kappa shape index (κ2) is 3.95. The third kappa shape index (κ3) is 1.76. The first-order valence-corrected chi connectivity index (χ1v) is 4.47. The van der Waals surface area contributed by atoms with Gasteiger partial charge in [-0.1, -0.05) is 11.8 Å². The van der Waals surface area contributed by atoms with Crippen molar-refractivity contribution in [3.8, 4) is 11.8 Å². The fourth-order valence-corrected chi connectivity index (χ4v) is 1.25. The molecule has 1 aromatic heterocycles. The minimum absolute atomic E-state index is 0.709. The van der Waals surface area contributed by atoms with Gasteiger partial charge in [-0.3, -0.25) is 5.10 Å². The van der Waals surface area contributed by atoms with E-state index in [0.717, 1.165) is 16.5 Å². The van der Waals surface area contributed by atoms with Crippen LogP contribution in [0.1, 0.15) is 5.56 Å². The summed E-state index contributed by atoms with van der Waals surface area (Å²) in [6, 6.07) is 6.02. The highest BCUT2D eigenvalue weighted by molar-refractivity contribution is 5.79. The Morgan fingerprint density at radius 1 is 1.50 bits per heavy atom. The quantitative estimate of drug-likeness (QED) is 0.654. The van der Waals surface area contributed by atoms with E-state index in [1.165, 1.54) is 0 Å². The van der Waals surface area contributed by atoms with Gasteiger partial charge in [0, 0.05) is 10.9 Å². The van der Waals surface area contributed by atoms with E-state index >= 15 is 0 Å². The molecule has 0 radical (unpaired) electrons. The van der Waals surface area contributed by atoms with Crippen molar-refractivity contribution in [2.45, 2.75) is 0 Å². The number of fused-ring (bicyclic) bond motifs is 1. The van der Waals surface area contributed by atoms with Crippen molar-refractivity contribution in [3.63, 3.8) is 0 Å². The Balaban J connectivity index is 2.31. The molecular weight excluding hydrogens is 174 g/mol. The first kappa shape index (κ1) is 8.79. The lowest BCUT2D eigenvalue weighted by atomic mass is 10.2. The first-order chi connectivity index (χ1) is 6.90. The van der Waals surface area contributed by atoms with Crippen LogP contribution in [-0.4, -0.2) is 23.8 Å². The molecule has 70 valence electrons. The van der Waals surface area contributed by atoms with Gasteiger partial charge < -0.3 is 5.32 Å². The fraction of sp³-hybridized carbons (Fsp3) is 0.182. The van der Waals surface area contributed by atoms with Crippen molar-refractivity contribution in [1.29, 1.82) is 0 Å². The highest BCUT2D eigenvalue weighted by atomic mass is 15.1. The normalized spacial score (nSPS) is 9.79. The van der Waals surface area contributed by atoms with Crippen LogP contribution in [0.2, 0.25) is 0 Å². The maximum Gasteiger partial charge on any atom is 0.0662 e. The first-order valence-electron chi connectivity index (χ1n) is 4.47. The van der Waals surface area contributed by atoms with E-state index in [9.17, 15) is 0 Å². The highest BCUT2D eigenvalue weighted by Crippen LogP contribution is 2.11. The van der Waals surface area contributed by atoms with Crippen molar-refractivity contribution in [2.75, 3.05) is 13.6 Å². The minimum Gasteiger partial charge on any atom is -0.309 e. The van der Waals surface area contributed by atoms with Crippen LogP contribution < -0.4 is 5.32 Å². The van der Waals surface area contributed by atoms with E-state index < -0.39 is 0 Å². The molecule has 0 aliphatic rings. The molecule has 0 aliphatic carbocycles. The van der Waals surface area contributed by atoms with Crippen molar-refractivity contribution in [1.82, 2.24) is 15.5 Å². The molecule has 0 saturated heterocycles. The highest BCUT2D eigenvalue weighted by Gasteiger charge is 1.94. The van der Waals surface area contributed by atoms with Crippen molar-refractivity contribution in [2.24, 2.45) is 0 Å². The summed E-state index contributed by atoms with van der Waals surface area (Å²) in [6.45, 7) is 0.709. The number of aromatic amines is 1. The summed E-state index contributed by atoms with van der Waals surface area (Å²) < 4.78 is 0. The number of aromatic nitrogens is 2. The Bertz CT molecular complexity index is 488. The molecule has 0 amide bonds. The lowest BCUT2D eigenvalue weighted by Crippen LogP contribution is -2.04. The average molecular weight is 185 g/mol. The largest absolute Gasteiger partial charge is 0.309 e. The van der Waals surface area contributed by atoms with Gasteiger partial charge in [0.15, 0.2) is 0 Å². The molecular formula is C11H11N3. The molecule has 0 unspecified atom stereocenters. The summed E-state index contributed by atoms with van der Waals surface area (Å²) in [7, 11) is 1.88. The summed E-state index contributed by atoms with van der Waals surface area (Å²) in [5.41, 5.74) is 2.04. The van der Waals surface area contributed by atoms with E-state index in [-0.39, 0.29) is 0 Å². The van der Waals surface area contributed by atoms with Crippen LogP contribution in [0.3, 0.4) is 0 Å². The zero-order chi connectivity index (χ0) is 9.80. The van der Waals surface area contributed by atoms with Crippen molar-refractivity contribution < 1.29 is 0 Å². The lowest BCUT2D eigenvalue weighted by Gasteiger charge is -1.90. The SMILES string of the molecule is CNCC#Cc1ccc2cn[nH]c2c1. The molecule has 0 atom stereocenters. The summed E-state index contributed by atoms with van der Waals surface area (Å²) in [6.07, 6.45) is 1.81. The van der Waals surface area contributed by atoms with Gasteiger partial charge in [-0.25, -0.2) is 0 Å². The Hall–Kier alpha value is -1.79. The van der Waals surface area contributed by atoms with Crippen LogP contribution >= 0.6 is 0 Å². The average Bonchev–Trinajstić information content (AvgIpc) is 2.65. The molecule has 0 bridgehead atoms. The molecule has 0 saturated carbocycles. The summed E-state index contributed by atoms with van der Waals surface area (Å²) in [4.78, 5) is 0. The number of hydrogen-bond acceptors (Lipinski definition) is 2. The smallest absolute Gasteiger partial charge is 0.0662 e. The van der Waals surface area contributed by atoms with Gasteiger partial charge in [0.05, 0.1) is 18.3 Å². The monoisotopic (exact) mass is 185 g/mol.